The van der Waals surface area contributed by atoms with Gasteiger partial charge < -0.3 is 19.7 Å². The molecule has 0 unspecified atom stereocenters. The van der Waals surface area contributed by atoms with Crippen molar-refractivity contribution >= 4 is 29.1 Å². The van der Waals surface area contributed by atoms with Gasteiger partial charge in [-0.05, 0) is 12.1 Å². The van der Waals surface area contributed by atoms with Gasteiger partial charge in [-0.1, -0.05) is 12.1 Å². The number of aromatic nitrogens is 2. The fourth-order valence-corrected chi connectivity index (χ4v) is 3.12. The van der Waals surface area contributed by atoms with Crippen molar-refractivity contribution in [2.24, 2.45) is 0 Å². The topological polar surface area (TPSA) is 87.5 Å². The number of alkyl halides is 3. The van der Waals surface area contributed by atoms with Crippen molar-refractivity contribution in [3.63, 3.8) is 0 Å². The van der Waals surface area contributed by atoms with E-state index in [0.29, 0.717) is 11.4 Å². The SMILES string of the molecule is CN(Cc1nccn1CC(F)(F)F)C(=O)CCC(=O)N1CC(=O)Nc2ccccc21. The Hall–Kier alpha value is -3.37. The normalized spacial score (nSPS) is 13.6. The predicted molar refractivity (Wildman–Crippen MR) is 101 cm³/mol. The van der Waals surface area contributed by atoms with Gasteiger partial charge in [0.1, 0.15) is 18.9 Å². The second-order valence-corrected chi connectivity index (χ2v) is 6.88. The van der Waals surface area contributed by atoms with Crippen LogP contribution in [0.15, 0.2) is 36.7 Å². The molecule has 0 aliphatic carbocycles. The highest BCUT2D eigenvalue weighted by Gasteiger charge is 2.30. The van der Waals surface area contributed by atoms with Gasteiger partial charge in [-0.15, -0.1) is 0 Å². The van der Waals surface area contributed by atoms with Gasteiger partial charge in [-0.25, -0.2) is 4.98 Å². The van der Waals surface area contributed by atoms with Crippen LogP contribution in [-0.2, 0) is 27.5 Å². The van der Waals surface area contributed by atoms with Crippen LogP contribution in [0.25, 0.3) is 0 Å². The molecule has 1 aliphatic heterocycles. The van der Waals surface area contributed by atoms with Crippen molar-refractivity contribution in [2.45, 2.75) is 32.1 Å². The van der Waals surface area contributed by atoms with Crippen LogP contribution in [0, 0.1) is 0 Å². The number of amides is 3. The number of nitrogens with one attached hydrogen (secondary N) is 1. The zero-order chi connectivity index (χ0) is 21.9. The summed E-state index contributed by atoms with van der Waals surface area (Å²) in [4.78, 5) is 43.2. The standard InChI is InChI=1S/C19H20F3N5O3/c1-25(10-15-23-8-9-26(15)12-19(20,21)22)17(29)6-7-18(30)27-11-16(28)24-13-4-2-3-5-14(13)27/h2-5,8-9H,6-7,10-12H2,1H3,(H,24,28). The summed E-state index contributed by atoms with van der Waals surface area (Å²) in [5.74, 6) is -1.05. The average molecular weight is 423 g/mol. The molecule has 160 valence electrons. The molecule has 0 fully saturated rings. The van der Waals surface area contributed by atoms with Gasteiger partial charge in [0.2, 0.25) is 17.7 Å². The van der Waals surface area contributed by atoms with E-state index in [4.69, 9.17) is 0 Å². The fraction of sp³-hybridized carbons (Fsp3) is 0.368. The van der Waals surface area contributed by atoms with Crippen LogP contribution in [0.2, 0.25) is 0 Å². The van der Waals surface area contributed by atoms with Gasteiger partial charge in [0, 0.05) is 32.3 Å². The molecule has 1 aromatic heterocycles. The number of nitrogens with zero attached hydrogens (tertiary/aromatic N) is 4. The average Bonchev–Trinajstić information content (AvgIpc) is 3.09. The van der Waals surface area contributed by atoms with Crippen molar-refractivity contribution in [1.29, 1.82) is 0 Å². The fourth-order valence-electron chi connectivity index (χ4n) is 3.12. The number of fused-ring (bicyclic) bond motifs is 1. The minimum atomic E-state index is -4.40. The molecule has 0 atom stereocenters. The Morgan fingerprint density at radius 2 is 1.97 bits per heavy atom. The molecule has 0 saturated carbocycles. The summed E-state index contributed by atoms with van der Waals surface area (Å²) >= 11 is 0. The molecule has 0 spiro atoms. The van der Waals surface area contributed by atoms with E-state index in [-0.39, 0.29) is 37.7 Å². The number of carbonyl (C=O) groups is 3. The molecule has 0 saturated heterocycles. The Morgan fingerprint density at radius 3 is 2.70 bits per heavy atom. The molecule has 0 bridgehead atoms. The lowest BCUT2D eigenvalue weighted by Crippen LogP contribution is -2.42. The van der Waals surface area contributed by atoms with Crippen LogP contribution in [-0.4, -0.2) is 51.9 Å². The molecule has 3 amide bonds. The summed E-state index contributed by atoms with van der Waals surface area (Å²) < 4.78 is 38.8. The molecular formula is C19H20F3N5O3. The van der Waals surface area contributed by atoms with Crippen LogP contribution >= 0.6 is 0 Å². The molecule has 2 aromatic rings. The first-order valence-electron chi connectivity index (χ1n) is 9.14. The van der Waals surface area contributed by atoms with Crippen molar-refractivity contribution in [3.05, 3.63) is 42.5 Å². The highest BCUT2D eigenvalue weighted by molar-refractivity contribution is 6.10. The highest BCUT2D eigenvalue weighted by atomic mass is 19.4. The maximum absolute atomic E-state index is 12.6. The third-order valence-electron chi connectivity index (χ3n) is 4.58. The molecule has 1 N–H and O–H groups in total. The molecule has 30 heavy (non-hydrogen) atoms. The van der Waals surface area contributed by atoms with Crippen LogP contribution in [0.1, 0.15) is 18.7 Å². The third-order valence-corrected chi connectivity index (χ3v) is 4.58. The number of carbonyl (C=O) groups excluding carboxylic acids is 3. The zero-order valence-electron chi connectivity index (χ0n) is 16.1. The first-order valence-corrected chi connectivity index (χ1v) is 9.14. The number of para-hydroxylation sites is 2. The lowest BCUT2D eigenvalue weighted by atomic mass is 10.1. The summed E-state index contributed by atoms with van der Waals surface area (Å²) in [6.07, 6.45) is -2.25. The Kier molecular flexibility index (Phi) is 6.09. The summed E-state index contributed by atoms with van der Waals surface area (Å²) in [5.41, 5.74) is 1.07. The minimum absolute atomic E-state index is 0.0936. The van der Waals surface area contributed by atoms with Crippen molar-refractivity contribution < 1.29 is 27.6 Å². The quantitative estimate of drug-likeness (QED) is 0.772. The maximum Gasteiger partial charge on any atom is 0.406 e. The van der Waals surface area contributed by atoms with E-state index in [9.17, 15) is 27.6 Å². The summed E-state index contributed by atoms with van der Waals surface area (Å²) in [5, 5.41) is 2.68. The van der Waals surface area contributed by atoms with Gasteiger partial charge in [0.15, 0.2) is 0 Å². The van der Waals surface area contributed by atoms with Crippen molar-refractivity contribution in [1.82, 2.24) is 14.5 Å². The van der Waals surface area contributed by atoms with E-state index in [1.54, 1.807) is 24.3 Å². The Bertz CT molecular complexity index is 957. The molecule has 2 heterocycles. The lowest BCUT2D eigenvalue weighted by Gasteiger charge is -2.29. The number of hydrogen-bond donors (Lipinski definition) is 1. The Morgan fingerprint density at radius 1 is 1.23 bits per heavy atom. The van der Waals surface area contributed by atoms with E-state index >= 15 is 0 Å². The first-order chi connectivity index (χ1) is 14.1. The number of anilines is 2. The monoisotopic (exact) mass is 423 g/mol. The number of halogens is 3. The molecular weight excluding hydrogens is 403 g/mol. The predicted octanol–water partition coefficient (Wildman–Crippen LogP) is 2.17. The molecule has 1 aromatic carbocycles. The number of rotatable bonds is 6. The summed E-state index contributed by atoms with van der Waals surface area (Å²) in [7, 11) is 1.43. The highest BCUT2D eigenvalue weighted by Crippen LogP contribution is 2.29. The van der Waals surface area contributed by atoms with E-state index in [0.717, 1.165) is 4.57 Å². The van der Waals surface area contributed by atoms with E-state index < -0.39 is 24.5 Å². The summed E-state index contributed by atoms with van der Waals surface area (Å²) in [6.45, 7) is -1.46. The van der Waals surface area contributed by atoms with Gasteiger partial charge in [0.25, 0.3) is 0 Å². The minimum Gasteiger partial charge on any atom is -0.338 e. The Balaban J connectivity index is 1.58. The lowest BCUT2D eigenvalue weighted by molar-refractivity contribution is -0.141. The number of imidazole rings is 1. The van der Waals surface area contributed by atoms with Gasteiger partial charge in [-0.2, -0.15) is 13.2 Å². The van der Waals surface area contributed by atoms with Crippen molar-refractivity contribution in [3.8, 4) is 0 Å². The molecule has 8 nitrogen and oxygen atoms in total. The van der Waals surface area contributed by atoms with Crippen LogP contribution in [0.3, 0.4) is 0 Å². The van der Waals surface area contributed by atoms with Gasteiger partial charge in [-0.3, -0.25) is 14.4 Å². The Labute approximate surface area is 170 Å². The second-order valence-electron chi connectivity index (χ2n) is 6.88. The molecule has 0 radical (unpaired) electrons. The van der Waals surface area contributed by atoms with E-state index in [1.807, 2.05) is 0 Å². The number of benzene rings is 1. The zero-order valence-corrected chi connectivity index (χ0v) is 16.1. The molecule has 3 rings (SSSR count). The van der Waals surface area contributed by atoms with Crippen LogP contribution in [0.4, 0.5) is 24.5 Å². The largest absolute Gasteiger partial charge is 0.406 e. The van der Waals surface area contributed by atoms with Gasteiger partial charge in [0.05, 0.1) is 17.9 Å². The smallest absolute Gasteiger partial charge is 0.338 e. The summed E-state index contributed by atoms with van der Waals surface area (Å²) in [6, 6.07) is 6.84. The second kappa shape index (κ2) is 8.56. The third kappa shape index (κ3) is 5.16. The van der Waals surface area contributed by atoms with Gasteiger partial charge >= 0.3 is 6.18 Å². The van der Waals surface area contributed by atoms with Crippen LogP contribution in [0.5, 0.6) is 0 Å². The van der Waals surface area contributed by atoms with E-state index in [1.165, 1.54) is 29.2 Å². The molecule has 1 aliphatic rings. The van der Waals surface area contributed by atoms with E-state index in [2.05, 4.69) is 10.3 Å². The number of hydrogen-bond acceptors (Lipinski definition) is 4. The first kappa shape index (κ1) is 21.3. The van der Waals surface area contributed by atoms with Crippen LogP contribution < -0.4 is 10.2 Å². The van der Waals surface area contributed by atoms with Crippen molar-refractivity contribution in [2.75, 3.05) is 23.8 Å². The maximum atomic E-state index is 12.6. The molecule has 11 heteroatoms.